The molecule has 0 aromatic heterocycles. The van der Waals surface area contributed by atoms with Crippen LogP contribution in [0.5, 0.6) is 0 Å². The first-order valence-electron chi connectivity index (χ1n) is 4.93. The van der Waals surface area contributed by atoms with Gasteiger partial charge in [-0.15, -0.1) is 0 Å². The zero-order valence-corrected chi connectivity index (χ0v) is 12.8. The Labute approximate surface area is 115 Å². The smallest absolute Gasteiger partial charge is 0.242 e. The summed E-state index contributed by atoms with van der Waals surface area (Å²) < 4.78 is 27.4. The van der Waals surface area contributed by atoms with Gasteiger partial charge in [-0.25, -0.2) is 13.1 Å². The number of thioether (sulfide) groups is 1. The zero-order chi connectivity index (χ0) is 13.1. The maximum Gasteiger partial charge on any atom is 0.242 e. The molecule has 0 radical (unpaired) electrons. The molecule has 0 heterocycles. The third-order valence-electron chi connectivity index (χ3n) is 2.04. The van der Waals surface area contributed by atoms with Crippen LogP contribution in [0.2, 0.25) is 0 Å². The lowest BCUT2D eigenvalue weighted by Crippen LogP contribution is -2.34. The van der Waals surface area contributed by atoms with E-state index in [0.717, 1.165) is 0 Å². The van der Waals surface area contributed by atoms with Crippen LogP contribution in [0.15, 0.2) is 27.6 Å². The van der Waals surface area contributed by atoms with Crippen molar-refractivity contribution in [2.45, 2.75) is 17.9 Å². The number of hydrogen-bond acceptors (Lipinski definition) is 4. The lowest BCUT2D eigenvalue weighted by atomic mass is 10.3. The van der Waals surface area contributed by atoms with Crippen molar-refractivity contribution in [3.8, 4) is 0 Å². The Bertz CT molecular complexity index is 491. The Morgan fingerprint density at radius 3 is 2.76 bits per heavy atom. The van der Waals surface area contributed by atoms with E-state index >= 15 is 0 Å². The Morgan fingerprint density at radius 2 is 2.18 bits per heavy atom. The number of anilines is 1. The molecule has 3 N–H and O–H groups in total. The molecule has 7 heteroatoms. The average Bonchev–Trinajstić information content (AvgIpc) is 2.21. The molecule has 0 bridgehead atoms. The molecule has 0 saturated heterocycles. The van der Waals surface area contributed by atoms with Gasteiger partial charge in [0.15, 0.2) is 0 Å². The SMILES string of the molecule is CSCC(C)NS(=O)(=O)c1cc(Br)ccc1N. The van der Waals surface area contributed by atoms with Crippen LogP contribution in [-0.4, -0.2) is 26.5 Å². The van der Waals surface area contributed by atoms with Crippen molar-refractivity contribution in [1.29, 1.82) is 0 Å². The fraction of sp³-hybridized carbons (Fsp3) is 0.400. The van der Waals surface area contributed by atoms with Crippen LogP contribution in [0, 0.1) is 0 Å². The van der Waals surface area contributed by atoms with Gasteiger partial charge in [0.05, 0.1) is 5.69 Å². The van der Waals surface area contributed by atoms with Crippen molar-refractivity contribution in [3.05, 3.63) is 22.7 Å². The molecule has 0 amide bonds. The summed E-state index contributed by atoms with van der Waals surface area (Å²) in [5.74, 6) is 0.715. The Kier molecular flexibility index (Phi) is 5.30. The number of benzene rings is 1. The van der Waals surface area contributed by atoms with E-state index in [9.17, 15) is 8.42 Å². The van der Waals surface area contributed by atoms with Crippen LogP contribution in [0.25, 0.3) is 0 Å². The summed E-state index contributed by atoms with van der Waals surface area (Å²) in [6.45, 7) is 1.82. The van der Waals surface area contributed by atoms with Crippen molar-refractivity contribution in [2.24, 2.45) is 0 Å². The summed E-state index contributed by atoms with van der Waals surface area (Å²) in [7, 11) is -3.55. The molecule has 0 aliphatic rings. The predicted octanol–water partition coefficient (Wildman–Crippen LogP) is 2.06. The van der Waals surface area contributed by atoms with Gasteiger partial charge in [-0.3, -0.25) is 0 Å². The molecule has 96 valence electrons. The first kappa shape index (κ1) is 14.8. The third-order valence-corrected chi connectivity index (χ3v) is 5.01. The summed E-state index contributed by atoms with van der Waals surface area (Å²) in [5, 5.41) is 0. The molecular weight excluding hydrogens is 324 g/mol. The van der Waals surface area contributed by atoms with Crippen LogP contribution in [0.3, 0.4) is 0 Å². The van der Waals surface area contributed by atoms with Crippen molar-refractivity contribution in [3.63, 3.8) is 0 Å². The number of sulfonamides is 1. The molecular formula is C10H15BrN2O2S2. The monoisotopic (exact) mass is 338 g/mol. The number of nitrogens with one attached hydrogen (secondary N) is 1. The Morgan fingerprint density at radius 1 is 1.53 bits per heavy atom. The van der Waals surface area contributed by atoms with Gasteiger partial charge in [0, 0.05) is 16.3 Å². The quantitative estimate of drug-likeness (QED) is 0.806. The van der Waals surface area contributed by atoms with Gasteiger partial charge in [-0.2, -0.15) is 11.8 Å². The van der Waals surface area contributed by atoms with E-state index in [4.69, 9.17) is 5.73 Å². The van der Waals surface area contributed by atoms with Gasteiger partial charge in [-0.05, 0) is 31.4 Å². The number of hydrogen-bond donors (Lipinski definition) is 2. The molecule has 0 spiro atoms. The van der Waals surface area contributed by atoms with Crippen LogP contribution >= 0.6 is 27.7 Å². The van der Waals surface area contributed by atoms with Gasteiger partial charge >= 0.3 is 0 Å². The maximum atomic E-state index is 12.1. The molecule has 17 heavy (non-hydrogen) atoms. The van der Waals surface area contributed by atoms with E-state index in [1.807, 2.05) is 13.2 Å². The highest BCUT2D eigenvalue weighted by atomic mass is 79.9. The van der Waals surface area contributed by atoms with Crippen molar-refractivity contribution >= 4 is 43.4 Å². The number of nitrogens with two attached hydrogens (primary N) is 1. The second-order valence-electron chi connectivity index (χ2n) is 3.66. The predicted molar refractivity (Wildman–Crippen MR) is 76.7 cm³/mol. The highest BCUT2D eigenvalue weighted by molar-refractivity contribution is 9.10. The van der Waals surface area contributed by atoms with E-state index in [0.29, 0.717) is 10.2 Å². The molecule has 1 aromatic carbocycles. The summed E-state index contributed by atoms with van der Waals surface area (Å²) >= 11 is 4.82. The molecule has 0 saturated carbocycles. The van der Waals surface area contributed by atoms with Crippen molar-refractivity contribution in [2.75, 3.05) is 17.7 Å². The molecule has 4 nitrogen and oxygen atoms in total. The first-order chi connectivity index (χ1) is 7.86. The van der Waals surface area contributed by atoms with E-state index in [2.05, 4.69) is 20.7 Å². The van der Waals surface area contributed by atoms with E-state index in [1.165, 1.54) is 6.07 Å². The molecule has 1 rings (SSSR count). The highest BCUT2D eigenvalue weighted by Crippen LogP contribution is 2.23. The lowest BCUT2D eigenvalue weighted by molar-refractivity contribution is 0.571. The third kappa shape index (κ3) is 4.17. The Hall–Kier alpha value is -0.240. The molecule has 0 fully saturated rings. The second-order valence-corrected chi connectivity index (χ2v) is 7.17. The fourth-order valence-corrected chi connectivity index (χ4v) is 3.96. The van der Waals surface area contributed by atoms with E-state index < -0.39 is 10.0 Å². The minimum Gasteiger partial charge on any atom is -0.398 e. The van der Waals surface area contributed by atoms with Crippen molar-refractivity contribution in [1.82, 2.24) is 4.72 Å². The largest absolute Gasteiger partial charge is 0.398 e. The van der Waals surface area contributed by atoms with E-state index in [-0.39, 0.29) is 16.6 Å². The fourth-order valence-electron chi connectivity index (χ4n) is 1.35. The van der Waals surface area contributed by atoms with Gasteiger partial charge in [-0.1, -0.05) is 15.9 Å². The minimum absolute atomic E-state index is 0.111. The maximum absolute atomic E-state index is 12.1. The summed E-state index contributed by atoms with van der Waals surface area (Å²) in [6, 6.07) is 4.65. The second kappa shape index (κ2) is 6.08. The molecule has 0 aliphatic heterocycles. The summed E-state index contributed by atoms with van der Waals surface area (Å²) in [5.41, 5.74) is 5.93. The number of rotatable bonds is 5. The molecule has 1 aromatic rings. The van der Waals surface area contributed by atoms with Crippen LogP contribution in [0.4, 0.5) is 5.69 Å². The van der Waals surface area contributed by atoms with Gasteiger partial charge in [0.25, 0.3) is 0 Å². The highest BCUT2D eigenvalue weighted by Gasteiger charge is 2.20. The first-order valence-corrected chi connectivity index (χ1v) is 8.60. The standard InChI is InChI=1S/C10H15BrN2O2S2/c1-7(6-16-2)13-17(14,15)10-5-8(11)3-4-9(10)12/h3-5,7,13H,6,12H2,1-2H3. The van der Waals surface area contributed by atoms with Gasteiger partial charge in [0.1, 0.15) is 4.90 Å². The molecule has 1 unspecified atom stereocenters. The van der Waals surface area contributed by atoms with Crippen LogP contribution in [-0.2, 0) is 10.0 Å². The number of nitrogen functional groups attached to an aromatic ring is 1. The molecule has 0 aliphatic carbocycles. The average molecular weight is 339 g/mol. The summed E-state index contributed by atoms with van der Waals surface area (Å²) in [4.78, 5) is 0.111. The van der Waals surface area contributed by atoms with Crippen LogP contribution in [0.1, 0.15) is 6.92 Å². The Balaban J connectivity index is 3.01. The topological polar surface area (TPSA) is 72.2 Å². The minimum atomic E-state index is -3.55. The lowest BCUT2D eigenvalue weighted by Gasteiger charge is -2.14. The van der Waals surface area contributed by atoms with Crippen LogP contribution < -0.4 is 10.5 Å². The van der Waals surface area contributed by atoms with Crippen molar-refractivity contribution < 1.29 is 8.42 Å². The normalized spacial score (nSPS) is 13.6. The number of halogens is 1. The molecule has 1 atom stereocenters. The van der Waals surface area contributed by atoms with Gasteiger partial charge in [0.2, 0.25) is 10.0 Å². The zero-order valence-electron chi connectivity index (χ0n) is 9.60. The summed E-state index contributed by atoms with van der Waals surface area (Å²) in [6.07, 6.45) is 1.93. The van der Waals surface area contributed by atoms with Gasteiger partial charge < -0.3 is 5.73 Å². The van der Waals surface area contributed by atoms with E-state index in [1.54, 1.807) is 23.9 Å².